The molecular formula is C120H128N4+4. The molecule has 0 N–H and O–H groups in total. The number of aryl methyl sites for hydroxylation is 9. The van der Waals surface area contributed by atoms with Gasteiger partial charge in [-0.05, 0) is 295 Å². The van der Waals surface area contributed by atoms with Gasteiger partial charge in [-0.25, -0.2) is 18.3 Å². The van der Waals surface area contributed by atoms with Gasteiger partial charge in [0.15, 0.2) is 24.8 Å². The standard InChI is InChI=1S/4C30H32N/c1-19-16-17-31(7)26(18-19)22-13-14-24-27-23-11-9-8-10-21(23)12-15-25(27)29(3,4)30(5,6)28(24)20(22)2;1-19-16-17-31(7)25(18-19)26-20(2)12-14-23-27-22-11-9-8-10-21(22)13-15-24(27)29(3,4)30(5,6)28(23)26;1-19-14-15-31(7)27(16-19)23-12-13-24-25-17-21-10-8-9-11-22(21)18-26(25)29(3,4)30(5,6)28(24)20(23)2;1-19-16-17-31(7)26(18-19)22-14-15-24-25-13-12-21-10-8-9-11-23(21)28(25)30(5,6)29(3,4)27(24)20(22)2/h4*8-18H,1-7H3/q4*+1. The van der Waals surface area contributed by atoms with E-state index in [0.29, 0.717) is 0 Å². The minimum absolute atomic E-state index is 0.000278. The maximum atomic E-state index is 2.43. The molecule has 0 spiro atoms. The second-order valence-corrected chi connectivity index (χ2v) is 41.3. The van der Waals surface area contributed by atoms with Crippen molar-refractivity contribution in [3.8, 4) is 89.5 Å². The molecule has 0 aliphatic heterocycles. The van der Waals surface area contributed by atoms with Crippen molar-refractivity contribution in [2.24, 2.45) is 28.2 Å². The minimum atomic E-state index is -0.0319. The van der Waals surface area contributed by atoms with Crippen LogP contribution in [0.4, 0.5) is 0 Å². The Labute approximate surface area is 740 Å². The van der Waals surface area contributed by atoms with Crippen molar-refractivity contribution in [3.05, 3.63) is 356 Å². The molecule has 4 heterocycles. The van der Waals surface area contributed by atoms with Crippen LogP contribution in [0.5, 0.6) is 0 Å². The zero-order chi connectivity index (χ0) is 88.5. The highest BCUT2D eigenvalue weighted by atomic mass is 14.9. The molecule has 4 aromatic heterocycles. The van der Waals surface area contributed by atoms with Gasteiger partial charge in [0.05, 0.1) is 5.56 Å². The van der Waals surface area contributed by atoms with E-state index < -0.39 is 0 Å². The number of benzene rings is 12. The lowest BCUT2D eigenvalue weighted by Crippen LogP contribution is -2.44. The Morgan fingerprint density at radius 3 is 0.919 bits per heavy atom. The Balaban J connectivity index is 0.000000117. The molecule has 0 saturated carbocycles. The van der Waals surface area contributed by atoms with Crippen molar-refractivity contribution in [1.82, 2.24) is 0 Å². The van der Waals surface area contributed by atoms with E-state index in [-0.39, 0.29) is 43.3 Å². The van der Waals surface area contributed by atoms with E-state index in [0.717, 1.165) is 0 Å². The van der Waals surface area contributed by atoms with Crippen molar-refractivity contribution in [2.75, 3.05) is 0 Å². The number of rotatable bonds is 4. The van der Waals surface area contributed by atoms with Crippen molar-refractivity contribution >= 4 is 43.1 Å². The molecule has 12 aromatic carbocycles. The fourth-order valence-corrected chi connectivity index (χ4v) is 22.6. The molecule has 4 aliphatic carbocycles. The SMILES string of the molecule is Cc1cc[n+](C)c(-c2c(C)ccc3c2C(C)(C)C(C)(C)c2ccc4ccccc4c2-3)c1.Cc1cc[n+](C)c(-c2ccc3c(c2C)C(C)(C)C(C)(C)c2c-3ccc3ccccc23)c1.Cc1cc[n+](C)c(-c2ccc3c(c2C)C(C)(C)C(C)(C)c2cc4ccccc4cc2-3)c1.Cc1cc[n+](C)c(-c2ccc3c(c2C)C(C)(C)C(C)(C)c2ccc4ccccc4c2-3)c1. The molecular weight excluding hydrogens is 1500 g/mol. The smallest absolute Gasteiger partial charge is 0.201 e. The fourth-order valence-electron chi connectivity index (χ4n) is 22.6. The number of hydrogen-bond donors (Lipinski definition) is 0. The maximum Gasteiger partial charge on any atom is 0.213 e. The summed E-state index contributed by atoms with van der Waals surface area (Å²) in [4.78, 5) is 0. The summed E-state index contributed by atoms with van der Waals surface area (Å²) in [5.41, 5.74) is 44.1. The van der Waals surface area contributed by atoms with Crippen LogP contribution in [0.1, 0.15) is 200 Å². The third kappa shape index (κ3) is 12.9. The van der Waals surface area contributed by atoms with Gasteiger partial charge in [-0.2, -0.15) is 0 Å². The number of fused-ring (bicyclic) bond motifs is 19. The fraction of sp³-hybridized carbons (Fsp3) is 0.300. The highest BCUT2D eigenvalue weighted by Gasteiger charge is 2.53. The first kappa shape index (κ1) is 84.5. The van der Waals surface area contributed by atoms with Gasteiger partial charge in [-0.1, -0.05) is 275 Å². The second kappa shape index (κ2) is 30.0. The van der Waals surface area contributed by atoms with Crippen LogP contribution < -0.4 is 18.3 Å². The molecule has 4 aliphatic rings. The number of hydrogen-bond acceptors (Lipinski definition) is 0. The molecule has 16 aromatic rings. The van der Waals surface area contributed by atoms with E-state index in [1.165, 1.54) is 222 Å². The molecule has 0 atom stereocenters. The molecule has 0 radical (unpaired) electrons. The number of nitrogens with zero attached hydrogens (tertiary/aromatic N) is 4. The maximum absolute atomic E-state index is 2.43. The quantitative estimate of drug-likeness (QED) is 0.156. The van der Waals surface area contributed by atoms with Gasteiger partial charge in [0, 0.05) is 76.1 Å². The van der Waals surface area contributed by atoms with E-state index in [1.807, 2.05) is 0 Å². The molecule has 124 heavy (non-hydrogen) atoms. The van der Waals surface area contributed by atoms with E-state index >= 15 is 0 Å². The molecule has 20 rings (SSSR count). The normalized spacial score (nSPS) is 16.1. The van der Waals surface area contributed by atoms with Crippen molar-refractivity contribution < 1.29 is 18.3 Å². The van der Waals surface area contributed by atoms with Gasteiger partial charge in [-0.3, -0.25) is 0 Å². The van der Waals surface area contributed by atoms with Crippen molar-refractivity contribution in [3.63, 3.8) is 0 Å². The third-order valence-electron chi connectivity index (χ3n) is 32.3. The number of pyridine rings is 4. The molecule has 0 saturated heterocycles. The Morgan fingerprint density at radius 1 is 0.194 bits per heavy atom. The Bertz CT molecular complexity index is 6990. The second-order valence-electron chi connectivity index (χ2n) is 41.3. The van der Waals surface area contributed by atoms with Crippen LogP contribution in [0.3, 0.4) is 0 Å². The van der Waals surface area contributed by atoms with Crippen LogP contribution in [0.25, 0.3) is 133 Å². The highest BCUT2D eigenvalue weighted by Crippen LogP contribution is 2.62. The van der Waals surface area contributed by atoms with Gasteiger partial charge in [0.1, 0.15) is 28.2 Å². The molecule has 0 amide bonds. The summed E-state index contributed by atoms with van der Waals surface area (Å²) >= 11 is 0. The van der Waals surface area contributed by atoms with Gasteiger partial charge >= 0.3 is 0 Å². The van der Waals surface area contributed by atoms with Crippen molar-refractivity contribution in [1.29, 1.82) is 0 Å². The largest absolute Gasteiger partial charge is 0.213 e. The molecule has 0 bridgehead atoms. The van der Waals surface area contributed by atoms with Gasteiger partial charge < -0.3 is 0 Å². The van der Waals surface area contributed by atoms with Gasteiger partial charge in [0.25, 0.3) is 0 Å². The van der Waals surface area contributed by atoms with E-state index in [9.17, 15) is 0 Å². The molecule has 0 unspecified atom stereocenters. The molecule has 4 nitrogen and oxygen atoms in total. The van der Waals surface area contributed by atoms with E-state index in [2.05, 4.69) is 480 Å². The Morgan fingerprint density at radius 2 is 0.476 bits per heavy atom. The average Bonchev–Trinajstić information content (AvgIpc) is 0.710. The average molecular weight is 1630 g/mol. The van der Waals surface area contributed by atoms with Crippen LogP contribution in [-0.4, -0.2) is 0 Å². The molecule has 624 valence electrons. The Kier molecular flexibility index (Phi) is 20.5. The van der Waals surface area contributed by atoms with Gasteiger partial charge in [-0.15, -0.1) is 0 Å². The van der Waals surface area contributed by atoms with Crippen LogP contribution in [0.2, 0.25) is 0 Å². The third-order valence-corrected chi connectivity index (χ3v) is 32.3. The minimum Gasteiger partial charge on any atom is -0.201 e. The lowest BCUT2D eigenvalue weighted by molar-refractivity contribution is -0.660. The Hall–Kier alpha value is -11.7. The van der Waals surface area contributed by atoms with E-state index in [1.54, 1.807) is 0 Å². The van der Waals surface area contributed by atoms with Crippen LogP contribution >= 0.6 is 0 Å². The predicted molar refractivity (Wildman–Crippen MR) is 526 cm³/mol. The van der Waals surface area contributed by atoms with E-state index in [4.69, 9.17) is 0 Å². The van der Waals surface area contributed by atoms with Crippen LogP contribution in [0, 0.1) is 55.4 Å². The van der Waals surface area contributed by atoms with Crippen LogP contribution in [0.15, 0.2) is 267 Å². The zero-order valence-electron chi connectivity index (χ0n) is 79.2. The summed E-state index contributed by atoms with van der Waals surface area (Å²) in [6.07, 6.45) is 8.69. The summed E-state index contributed by atoms with van der Waals surface area (Å²) in [5.74, 6) is 0. The lowest BCUT2D eigenvalue weighted by atomic mass is 9.54. The summed E-state index contributed by atoms with van der Waals surface area (Å²) < 4.78 is 9.00. The van der Waals surface area contributed by atoms with Crippen LogP contribution in [-0.2, 0) is 71.5 Å². The summed E-state index contributed by atoms with van der Waals surface area (Å²) in [5, 5.41) is 10.7. The first-order valence-electron chi connectivity index (χ1n) is 45.1. The highest BCUT2D eigenvalue weighted by molar-refractivity contribution is 6.04. The zero-order valence-corrected chi connectivity index (χ0v) is 79.2. The molecule has 0 fully saturated rings. The lowest BCUT2D eigenvalue weighted by Gasteiger charge is -2.49. The monoisotopic (exact) mass is 1630 g/mol. The number of aromatic nitrogens is 4. The molecule has 4 heteroatoms. The first-order chi connectivity index (χ1) is 58.6. The summed E-state index contributed by atoms with van der Waals surface area (Å²) in [6.45, 7) is 56.8. The summed E-state index contributed by atoms with van der Waals surface area (Å²) in [7, 11) is 8.60. The predicted octanol–water partition coefficient (Wildman–Crippen LogP) is 28.7. The van der Waals surface area contributed by atoms with Crippen molar-refractivity contribution in [2.45, 2.75) is 209 Å². The summed E-state index contributed by atoms with van der Waals surface area (Å²) in [6, 6.07) is 90.8. The first-order valence-corrected chi connectivity index (χ1v) is 45.1. The topological polar surface area (TPSA) is 15.5 Å². The van der Waals surface area contributed by atoms with Gasteiger partial charge in [0.2, 0.25) is 22.8 Å².